The van der Waals surface area contributed by atoms with Crippen molar-refractivity contribution in [3.05, 3.63) is 44.8 Å². The Morgan fingerprint density at radius 3 is 2.52 bits per heavy atom. The van der Waals surface area contributed by atoms with Gasteiger partial charge in [0.1, 0.15) is 5.00 Å². The lowest BCUT2D eigenvalue weighted by Gasteiger charge is -2.15. The predicted octanol–water partition coefficient (Wildman–Crippen LogP) is 5.81. The SMILES string of the molecule is CC(C)(C)c1cc(C=O)c(NC(=O)Nc2cccc(Cl)c2Cl)s1. The molecule has 0 saturated heterocycles. The van der Waals surface area contributed by atoms with Crippen molar-refractivity contribution < 1.29 is 9.59 Å². The number of carbonyl (C=O) groups excluding carboxylic acids is 2. The van der Waals surface area contributed by atoms with Gasteiger partial charge in [-0.1, -0.05) is 50.0 Å². The van der Waals surface area contributed by atoms with Crippen LogP contribution in [0, 0.1) is 0 Å². The second-order valence-electron chi connectivity index (χ2n) is 5.94. The molecule has 4 nitrogen and oxygen atoms in total. The molecule has 1 aromatic carbocycles. The van der Waals surface area contributed by atoms with E-state index in [0.717, 1.165) is 11.2 Å². The van der Waals surface area contributed by atoms with Crippen LogP contribution in [0.4, 0.5) is 15.5 Å². The maximum Gasteiger partial charge on any atom is 0.324 e. The molecule has 0 fully saturated rings. The third-order valence-electron chi connectivity index (χ3n) is 3.05. The van der Waals surface area contributed by atoms with Crippen molar-refractivity contribution in [2.24, 2.45) is 0 Å². The molecule has 0 aliphatic carbocycles. The third-order valence-corrected chi connectivity index (χ3v) is 5.36. The molecule has 0 bridgehead atoms. The highest BCUT2D eigenvalue weighted by Gasteiger charge is 2.20. The van der Waals surface area contributed by atoms with Crippen LogP contribution in [0.2, 0.25) is 10.0 Å². The van der Waals surface area contributed by atoms with Crippen LogP contribution in [0.5, 0.6) is 0 Å². The van der Waals surface area contributed by atoms with Crippen LogP contribution < -0.4 is 10.6 Å². The number of urea groups is 1. The summed E-state index contributed by atoms with van der Waals surface area (Å²) in [5.41, 5.74) is 0.749. The molecule has 0 unspecified atom stereocenters. The van der Waals surface area contributed by atoms with E-state index in [4.69, 9.17) is 23.2 Å². The zero-order chi connectivity index (χ0) is 17.2. The van der Waals surface area contributed by atoms with Crippen molar-refractivity contribution in [3.63, 3.8) is 0 Å². The van der Waals surface area contributed by atoms with Crippen LogP contribution in [0.3, 0.4) is 0 Å². The van der Waals surface area contributed by atoms with Gasteiger partial charge in [0.25, 0.3) is 0 Å². The molecule has 2 rings (SSSR count). The van der Waals surface area contributed by atoms with Gasteiger partial charge < -0.3 is 5.32 Å². The number of thiophene rings is 1. The number of nitrogens with one attached hydrogen (secondary N) is 2. The topological polar surface area (TPSA) is 58.2 Å². The molecule has 2 N–H and O–H groups in total. The second-order valence-corrected chi connectivity index (χ2v) is 7.78. The fourth-order valence-electron chi connectivity index (χ4n) is 1.82. The Kier molecular flexibility index (Phi) is 5.34. The summed E-state index contributed by atoms with van der Waals surface area (Å²) in [6.07, 6.45) is 0.730. The molecule has 2 amide bonds. The van der Waals surface area contributed by atoms with E-state index in [2.05, 4.69) is 10.6 Å². The molecule has 122 valence electrons. The van der Waals surface area contributed by atoms with Gasteiger partial charge in [0.05, 0.1) is 15.7 Å². The van der Waals surface area contributed by atoms with Gasteiger partial charge in [0.15, 0.2) is 6.29 Å². The van der Waals surface area contributed by atoms with Crippen molar-refractivity contribution in [2.45, 2.75) is 26.2 Å². The second kappa shape index (κ2) is 6.91. The summed E-state index contributed by atoms with van der Waals surface area (Å²) in [5, 5.41) is 6.42. The van der Waals surface area contributed by atoms with E-state index in [0.29, 0.717) is 21.3 Å². The summed E-state index contributed by atoms with van der Waals surface area (Å²) in [4.78, 5) is 24.4. The van der Waals surface area contributed by atoms with E-state index in [-0.39, 0.29) is 10.4 Å². The van der Waals surface area contributed by atoms with Gasteiger partial charge in [-0.3, -0.25) is 10.1 Å². The van der Waals surface area contributed by atoms with Crippen molar-refractivity contribution in [2.75, 3.05) is 10.6 Å². The van der Waals surface area contributed by atoms with Crippen molar-refractivity contribution in [1.82, 2.24) is 0 Å². The fourth-order valence-corrected chi connectivity index (χ4v) is 3.25. The molecule has 0 atom stereocenters. The van der Waals surface area contributed by atoms with Gasteiger partial charge in [-0.15, -0.1) is 11.3 Å². The standard InChI is InChI=1S/C16H16Cl2N2O2S/c1-16(2,3)12-7-9(8-21)14(23-12)20-15(22)19-11-6-4-5-10(17)13(11)18/h4-8H,1-3H3,(H2,19,20,22). The van der Waals surface area contributed by atoms with Crippen LogP contribution in [0.15, 0.2) is 24.3 Å². The van der Waals surface area contributed by atoms with E-state index in [1.165, 1.54) is 11.3 Å². The first-order chi connectivity index (χ1) is 10.7. The molecular formula is C16H16Cl2N2O2S. The lowest BCUT2D eigenvalue weighted by molar-refractivity contribution is 0.112. The van der Waals surface area contributed by atoms with Gasteiger partial charge >= 0.3 is 6.03 Å². The van der Waals surface area contributed by atoms with E-state index in [9.17, 15) is 9.59 Å². The number of benzene rings is 1. The smallest absolute Gasteiger partial charge is 0.306 e. The minimum absolute atomic E-state index is 0.102. The molecule has 1 heterocycles. The lowest BCUT2D eigenvalue weighted by atomic mass is 9.94. The number of hydrogen-bond acceptors (Lipinski definition) is 3. The van der Waals surface area contributed by atoms with Gasteiger partial charge in [0, 0.05) is 10.4 Å². The minimum atomic E-state index is -0.487. The Balaban J connectivity index is 2.19. The molecule has 23 heavy (non-hydrogen) atoms. The van der Waals surface area contributed by atoms with Gasteiger partial charge in [-0.25, -0.2) is 4.79 Å². The summed E-state index contributed by atoms with van der Waals surface area (Å²) in [7, 11) is 0. The summed E-state index contributed by atoms with van der Waals surface area (Å²) in [6.45, 7) is 6.13. The maximum absolute atomic E-state index is 12.1. The first-order valence-electron chi connectivity index (χ1n) is 6.84. The van der Waals surface area contributed by atoms with E-state index in [1.54, 1.807) is 24.3 Å². The van der Waals surface area contributed by atoms with E-state index < -0.39 is 6.03 Å². The van der Waals surface area contributed by atoms with Crippen LogP contribution in [-0.4, -0.2) is 12.3 Å². The van der Waals surface area contributed by atoms with Crippen LogP contribution >= 0.6 is 34.5 Å². The highest BCUT2D eigenvalue weighted by Crippen LogP contribution is 2.35. The van der Waals surface area contributed by atoms with Crippen molar-refractivity contribution in [3.8, 4) is 0 Å². The maximum atomic E-state index is 12.1. The summed E-state index contributed by atoms with van der Waals surface area (Å²) in [6, 6.07) is 6.26. The molecule has 2 aromatic rings. The Bertz CT molecular complexity index is 751. The van der Waals surface area contributed by atoms with Gasteiger partial charge in [-0.2, -0.15) is 0 Å². The zero-order valence-corrected chi connectivity index (χ0v) is 15.2. The first-order valence-corrected chi connectivity index (χ1v) is 8.41. The molecule has 7 heteroatoms. The Morgan fingerprint density at radius 2 is 1.91 bits per heavy atom. The fraction of sp³-hybridized carbons (Fsp3) is 0.250. The lowest BCUT2D eigenvalue weighted by Crippen LogP contribution is -2.19. The zero-order valence-electron chi connectivity index (χ0n) is 12.9. The molecule has 0 aliphatic rings. The quantitative estimate of drug-likeness (QED) is 0.669. The molecule has 1 aromatic heterocycles. The number of hydrogen-bond donors (Lipinski definition) is 2. The highest BCUT2D eigenvalue weighted by atomic mass is 35.5. The number of rotatable bonds is 3. The number of aldehydes is 1. The normalized spacial score (nSPS) is 11.2. The monoisotopic (exact) mass is 370 g/mol. The van der Waals surface area contributed by atoms with Crippen LogP contribution in [0.25, 0.3) is 0 Å². The van der Waals surface area contributed by atoms with Crippen LogP contribution in [-0.2, 0) is 5.41 Å². The predicted molar refractivity (Wildman–Crippen MR) is 97.5 cm³/mol. The molecule has 0 saturated carbocycles. The average Bonchev–Trinajstić information content (AvgIpc) is 2.87. The number of anilines is 2. The van der Waals surface area contributed by atoms with E-state index in [1.807, 2.05) is 20.8 Å². The first kappa shape index (κ1) is 17.8. The molecule has 0 aliphatic heterocycles. The summed E-state index contributed by atoms with van der Waals surface area (Å²) < 4.78 is 0. The number of halogens is 2. The molecule has 0 spiro atoms. The third kappa shape index (κ3) is 4.25. The van der Waals surface area contributed by atoms with Crippen molar-refractivity contribution in [1.29, 1.82) is 0 Å². The number of carbonyl (C=O) groups is 2. The minimum Gasteiger partial charge on any atom is -0.306 e. The van der Waals surface area contributed by atoms with E-state index >= 15 is 0 Å². The van der Waals surface area contributed by atoms with Crippen molar-refractivity contribution >= 4 is 57.5 Å². The van der Waals surface area contributed by atoms with Crippen LogP contribution in [0.1, 0.15) is 36.0 Å². The Morgan fingerprint density at radius 1 is 1.22 bits per heavy atom. The highest BCUT2D eigenvalue weighted by molar-refractivity contribution is 7.16. The Hall–Kier alpha value is -1.56. The average molecular weight is 371 g/mol. The largest absolute Gasteiger partial charge is 0.324 e. The van der Waals surface area contributed by atoms with Gasteiger partial charge in [0.2, 0.25) is 0 Å². The molecule has 0 radical (unpaired) electrons. The summed E-state index contributed by atoms with van der Waals surface area (Å²) in [5.74, 6) is 0. The molecular weight excluding hydrogens is 355 g/mol. The van der Waals surface area contributed by atoms with Gasteiger partial charge in [-0.05, 0) is 23.6 Å². The number of amides is 2. The Labute approximate surface area is 148 Å². The summed E-state index contributed by atoms with van der Waals surface area (Å²) >= 11 is 13.3.